The van der Waals surface area contributed by atoms with Crippen LogP contribution in [0.15, 0.2) is 90.4 Å². The van der Waals surface area contributed by atoms with E-state index in [1.807, 2.05) is 43.3 Å². The fourth-order valence-electron chi connectivity index (χ4n) is 3.95. The minimum atomic E-state index is 0.101. The Hall–Kier alpha value is -3.83. The van der Waals surface area contributed by atoms with E-state index in [9.17, 15) is 5.11 Å². The van der Waals surface area contributed by atoms with Crippen molar-refractivity contribution in [3.63, 3.8) is 0 Å². The maximum absolute atomic E-state index is 10.4. The molecular formula is C27H28N4O. The van der Waals surface area contributed by atoms with Crippen molar-refractivity contribution in [2.24, 2.45) is 4.99 Å². The van der Waals surface area contributed by atoms with Crippen molar-refractivity contribution in [2.45, 2.75) is 20.0 Å². The zero-order valence-electron chi connectivity index (χ0n) is 18.3. The second-order valence-corrected chi connectivity index (χ2v) is 7.96. The van der Waals surface area contributed by atoms with Crippen LogP contribution in [0, 0.1) is 0 Å². The Labute approximate surface area is 188 Å². The Balaban J connectivity index is 1.52. The second-order valence-electron chi connectivity index (χ2n) is 7.96. The van der Waals surface area contributed by atoms with Gasteiger partial charge >= 0.3 is 0 Å². The third-order valence-electron chi connectivity index (χ3n) is 5.44. The third kappa shape index (κ3) is 4.90. The fraction of sp³-hybridized carbons (Fsp3) is 0.148. The highest BCUT2D eigenvalue weighted by Crippen LogP contribution is 2.30. The summed E-state index contributed by atoms with van der Waals surface area (Å²) < 4.78 is 0. The number of rotatable bonds is 8. The standard InChI is InChI=1S/C27H28N4O/c1-3-15-31(17-20-7-5-4-6-8-20)18-21-9-12-23(13-10-21)29-19(2)26-24-16-22(28)11-14-25(24)30-27(26)32/h3-14,16,30,32H,1,15,17-18,28H2,2H3. The summed E-state index contributed by atoms with van der Waals surface area (Å²) in [6.45, 7) is 8.30. The molecule has 4 aromatic rings. The van der Waals surface area contributed by atoms with Crippen molar-refractivity contribution in [1.29, 1.82) is 0 Å². The lowest BCUT2D eigenvalue weighted by Gasteiger charge is -2.21. The molecule has 5 nitrogen and oxygen atoms in total. The highest BCUT2D eigenvalue weighted by Gasteiger charge is 2.14. The maximum atomic E-state index is 10.4. The molecular weight excluding hydrogens is 396 g/mol. The van der Waals surface area contributed by atoms with Crippen LogP contribution in [0.4, 0.5) is 11.4 Å². The predicted octanol–water partition coefficient (Wildman–Crippen LogP) is 5.78. The van der Waals surface area contributed by atoms with E-state index in [0.717, 1.165) is 41.9 Å². The molecule has 0 atom stereocenters. The normalized spacial score (nSPS) is 11.9. The number of benzene rings is 3. The first-order valence-corrected chi connectivity index (χ1v) is 10.7. The Morgan fingerprint density at radius 1 is 1.03 bits per heavy atom. The van der Waals surface area contributed by atoms with Crippen LogP contribution in [0.1, 0.15) is 23.6 Å². The van der Waals surface area contributed by atoms with Crippen molar-refractivity contribution < 1.29 is 5.11 Å². The molecule has 0 aliphatic heterocycles. The number of anilines is 1. The molecule has 0 amide bonds. The van der Waals surface area contributed by atoms with E-state index in [-0.39, 0.29) is 5.88 Å². The van der Waals surface area contributed by atoms with E-state index in [2.05, 4.69) is 52.9 Å². The van der Waals surface area contributed by atoms with Crippen molar-refractivity contribution in [3.8, 4) is 5.88 Å². The van der Waals surface area contributed by atoms with Gasteiger partial charge in [-0.05, 0) is 48.4 Å². The van der Waals surface area contributed by atoms with Gasteiger partial charge in [0.1, 0.15) is 0 Å². The Kier molecular flexibility index (Phi) is 6.38. The topological polar surface area (TPSA) is 77.6 Å². The molecule has 0 aliphatic rings. The highest BCUT2D eigenvalue weighted by molar-refractivity contribution is 6.13. The summed E-state index contributed by atoms with van der Waals surface area (Å²) in [6, 6.07) is 24.2. The molecule has 0 saturated carbocycles. The summed E-state index contributed by atoms with van der Waals surface area (Å²) in [7, 11) is 0. The van der Waals surface area contributed by atoms with E-state index < -0.39 is 0 Å². The van der Waals surface area contributed by atoms with Gasteiger partial charge in [-0.25, -0.2) is 0 Å². The molecule has 32 heavy (non-hydrogen) atoms. The van der Waals surface area contributed by atoms with E-state index in [1.165, 1.54) is 11.1 Å². The lowest BCUT2D eigenvalue weighted by molar-refractivity contribution is 0.286. The second kappa shape index (κ2) is 9.54. The number of aromatic hydroxyl groups is 1. The minimum Gasteiger partial charge on any atom is -0.494 e. The smallest absolute Gasteiger partial charge is 0.198 e. The number of nitrogens with one attached hydrogen (secondary N) is 1. The summed E-state index contributed by atoms with van der Waals surface area (Å²) in [6.07, 6.45) is 1.94. The first-order chi connectivity index (χ1) is 15.5. The molecule has 3 aromatic carbocycles. The Bertz CT molecular complexity index is 1240. The number of nitrogens with two attached hydrogens (primary N) is 1. The molecule has 0 radical (unpaired) electrons. The Morgan fingerprint density at radius 3 is 2.41 bits per heavy atom. The molecule has 4 N–H and O–H groups in total. The van der Waals surface area contributed by atoms with Crippen LogP contribution in [-0.2, 0) is 13.1 Å². The number of aromatic amines is 1. The van der Waals surface area contributed by atoms with Gasteiger partial charge in [0.05, 0.1) is 17.0 Å². The lowest BCUT2D eigenvalue weighted by atomic mass is 10.1. The predicted molar refractivity (Wildman–Crippen MR) is 133 cm³/mol. The fourth-order valence-corrected chi connectivity index (χ4v) is 3.95. The molecule has 162 valence electrons. The Morgan fingerprint density at radius 2 is 1.72 bits per heavy atom. The van der Waals surface area contributed by atoms with Crippen molar-refractivity contribution in [2.75, 3.05) is 12.3 Å². The van der Waals surface area contributed by atoms with Gasteiger partial charge in [0.2, 0.25) is 0 Å². The average Bonchev–Trinajstić information content (AvgIpc) is 3.11. The lowest BCUT2D eigenvalue weighted by Crippen LogP contribution is -2.22. The molecule has 0 spiro atoms. The van der Waals surface area contributed by atoms with Gasteiger partial charge in [-0.2, -0.15) is 0 Å². The number of nitrogens with zero attached hydrogens (tertiary/aromatic N) is 2. The van der Waals surface area contributed by atoms with Crippen LogP contribution in [0.5, 0.6) is 5.88 Å². The quantitative estimate of drug-likeness (QED) is 0.190. The van der Waals surface area contributed by atoms with Crippen molar-refractivity contribution in [3.05, 3.63) is 102 Å². The van der Waals surface area contributed by atoms with Gasteiger partial charge in [-0.15, -0.1) is 6.58 Å². The number of hydrogen-bond acceptors (Lipinski definition) is 4. The number of nitrogen functional groups attached to an aromatic ring is 1. The molecule has 4 rings (SSSR count). The molecule has 0 unspecified atom stereocenters. The number of H-pyrrole nitrogens is 1. The molecule has 0 saturated heterocycles. The van der Waals surface area contributed by atoms with E-state index in [4.69, 9.17) is 10.7 Å². The first-order valence-electron chi connectivity index (χ1n) is 10.7. The van der Waals surface area contributed by atoms with Crippen LogP contribution in [0.2, 0.25) is 0 Å². The van der Waals surface area contributed by atoms with Gasteiger partial charge in [-0.3, -0.25) is 9.89 Å². The number of aromatic nitrogens is 1. The van der Waals surface area contributed by atoms with Gasteiger partial charge in [0.15, 0.2) is 5.88 Å². The van der Waals surface area contributed by atoms with Crippen molar-refractivity contribution >= 4 is 28.0 Å². The number of hydrogen-bond donors (Lipinski definition) is 3. The van der Waals surface area contributed by atoms with Crippen LogP contribution >= 0.6 is 0 Å². The molecule has 0 aliphatic carbocycles. The van der Waals surface area contributed by atoms with Gasteiger partial charge in [-0.1, -0.05) is 48.5 Å². The van der Waals surface area contributed by atoms with Crippen LogP contribution in [0.25, 0.3) is 10.9 Å². The summed E-state index contributed by atoms with van der Waals surface area (Å²) in [4.78, 5) is 10.1. The summed E-state index contributed by atoms with van der Waals surface area (Å²) in [5, 5.41) is 11.3. The van der Waals surface area contributed by atoms with Crippen LogP contribution in [-0.4, -0.2) is 27.2 Å². The zero-order valence-corrected chi connectivity index (χ0v) is 18.3. The molecule has 0 fully saturated rings. The van der Waals surface area contributed by atoms with Crippen LogP contribution in [0.3, 0.4) is 0 Å². The van der Waals surface area contributed by atoms with Gasteiger partial charge < -0.3 is 15.8 Å². The third-order valence-corrected chi connectivity index (χ3v) is 5.44. The van der Waals surface area contributed by atoms with E-state index >= 15 is 0 Å². The molecule has 1 aromatic heterocycles. The van der Waals surface area contributed by atoms with E-state index in [0.29, 0.717) is 11.3 Å². The largest absolute Gasteiger partial charge is 0.494 e. The SMILES string of the molecule is C=CCN(Cc1ccccc1)Cc1ccc(N=C(C)c2c(O)[nH]c3ccc(N)cc23)cc1. The minimum absolute atomic E-state index is 0.101. The van der Waals surface area contributed by atoms with Gasteiger partial charge in [0, 0.05) is 36.2 Å². The average molecular weight is 425 g/mol. The summed E-state index contributed by atoms with van der Waals surface area (Å²) in [5.74, 6) is 0.101. The number of fused-ring (bicyclic) bond motifs is 1. The monoisotopic (exact) mass is 424 g/mol. The van der Waals surface area contributed by atoms with Gasteiger partial charge in [0.25, 0.3) is 0 Å². The molecule has 0 bridgehead atoms. The molecule has 1 heterocycles. The zero-order chi connectivity index (χ0) is 22.5. The van der Waals surface area contributed by atoms with E-state index in [1.54, 1.807) is 6.07 Å². The van der Waals surface area contributed by atoms with Crippen molar-refractivity contribution in [1.82, 2.24) is 9.88 Å². The first kappa shape index (κ1) is 21.4. The maximum Gasteiger partial charge on any atom is 0.198 e. The molecule has 5 heteroatoms. The summed E-state index contributed by atoms with van der Waals surface area (Å²) >= 11 is 0. The van der Waals surface area contributed by atoms with Crippen LogP contribution < -0.4 is 5.73 Å². The number of aliphatic imine (C=N–C) groups is 1. The summed E-state index contributed by atoms with van der Waals surface area (Å²) in [5.41, 5.74) is 12.1. The highest BCUT2D eigenvalue weighted by atomic mass is 16.3.